The molecule has 5 aliphatic heterocycles. The van der Waals surface area contributed by atoms with Crippen LogP contribution in [0.4, 0.5) is 0 Å². The fourth-order valence-corrected chi connectivity index (χ4v) is 12.9. The van der Waals surface area contributed by atoms with E-state index in [-0.39, 0.29) is 0 Å². The smallest absolute Gasteiger partial charge is 0.0631 e. The Morgan fingerprint density at radius 1 is 0.326 bits per heavy atom. The number of hydrogen-bond donors (Lipinski definition) is 8. The second-order valence-electron chi connectivity index (χ2n) is 17.1. The van der Waals surface area contributed by atoms with Crippen LogP contribution in [0.3, 0.4) is 0 Å². The summed E-state index contributed by atoms with van der Waals surface area (Å²) in [5.41, 5.74) is 0. The molecule has 5 saturated heterocycles. The number of hydrogen-bond acceptors (Lipinski definition) is 8. The van der Waals surface area contributed by atoms with E-state index in [1.165, 1.54) is 96.3 Å². The van der Waals surface area contributed by atoms with Crippen molar-refractivity contribution < 1.29 is 0 Å². The molecule has 9 rings (SSSR count). The average Bonchev–Trinajstić information content (AvgIpc) is 3.76. The van der Waals surface area contributed by atoms with Crippen molar-refractivity contribution in [2.45, 2.75) is 159 Å². The summed E-state index contributed by atoms with van der Waals surface area (Å²) >= 11 is 0. The van der Waals surface area contributed by atoms with E-state index in [0.29, 0.717) is 61.2 Å². The SMILES string of the molecule is CC(C)C1CCCC2C3NC4NC(NC5NC(NC6NC(NC(N3)C12)C1CCCCC61)C1CCCCC51)C1CCCCC41. The first-order valence-electron chi connectivity index (χ1n) is 19.2. The molecule has 43 heavy (non-hydrogen) atoms. The number of fused-ring (bicyclic) bond motifs is 20. The van der Waals surface area contributed by atoms with Gasteiger partial charge in [0.05, 0.1) is 49.3 Å². The van der Waals surface area contributed by atoms with Crippen LogP contribution in [0.5, 0.6) is 0 Å². The molecular formula is C35H62N8. The van der Waals surface area contributed by atoms with E-state index in [1.807, 2.05) is 0 Å². The Hall–Kier alpha value is -0.320. The van der Waals surface area contributed by atoms with E-state index in [9.17, 15) is 0 Å². The predicted octanol–water partition coefficient (Wildman–Crippen LogP) is 3.49. The minimum atomic E-state index is 0.385. The molecule has 9 fully saturated rings. The van der Waals surface area contributed by atoms with Gasteiger partial charge in [-0.3, -0.25) is 42.5 Å². The molecule has 0 aromatic rings. The Morgan fingerprint density at radius 3 is 0.930 bits per heavy atom. The lowest BCUT2D eigenvalue weighted by Crippen LogP contribution is -2.61. The van der Waals surface area contributed by atoms with Crippen molar-refractivity contribution in [2.24, 2.45) is 59.2 Å². The van der Waals surface area contributed by atoms with Crippen LogP contribution in [-0.4, -0.2) is 49.3 Å². The molecule has 8 heteroatoms. The first-order chi connectivity index (χ1) is 21.1. The van der Waals surface area contributed by atoms with Crippen molar-refractivity contribution in [3.05, 3.63) is 0 Å². The Bertz CT molecular complexity index is 991. The van der Waals surface area contributed by atoms with E-state index < -0.39 is 0 Å². The fourth-order valence-electron chi connectivity index (χ4n) is 12.9. The summed E-state index contributed by atoms with van der Waals surface area (Å²) in [4.78, 5) is 0. The van der Waals surface area contributed by atoms with Gasteiger partial charge < -0.3 is 0 Å². The summed E-state index contributed by atoms with van der Waals surface area (Å²) in [6.07, 6.45) is 24.0. The van der Waals surface area contributed by atoms with Crippen LogP contribution in [0.25, 0.3) is 0 Å². The van der Waals surface area contributed by atoms with Crippen molar-refractivity contribution in [3.8, 4) is 0 Å². The van der Waals surface area contributed by atoms with Crippen molar-refractivity contribution >= 4 is 0 Å². The molecule has 0 spiro atoms. The number of rotatable bonds is 1. The highest BCUT2D eigenvalue weighted by Crippen LogP contribution is 2.48. The summed E-state index contributed by atoms with van der Waals surface area (Å²) in [5.74, 6) is 7.37. The summed E-state index contributed by atoms with van der Waals surface area (Å²) in [5, 5.41) is 34.2. The average molecular weight is 595 g/mol. The molecule has 4 saturated carbocycles. The molecule has 8 nitrogen and oxygen atoms in total. The maximum absolute atomic E-state index is 4.35. The molecule has 0 aromatic carbocycles. The van der Waals surface area contributed by atoms with E-state index in [4.69, 9.17) is 0 Å². The monoisotopic (exact) mass is 595 g/mol. The minimum Gasteiger partial charge on any atom is -0.286 e. The van der Waals surface area contributed by atoms with Crippen LogP contribution in [0.1, 0.15) is 110 Å². The van der Waals surface area contributed by atoms with Gasteiger partial charge in [0.25, 0.3) is 0 Å². The predicted molar refractivity (Wildman–Crippen MR) is 171 cm³/mol. The van der Waals surface area contributed by atoms with Crippen LogP contribution in [0.2, 0.25) is 0 Å². The molecule has 17 unspecified atom stereocenters. The van der Waals surface area contributed by atoms with Crippen molar-refractivity contribution in [2.75, 3.05) is 0 Å². The second kappa shape index (κ2) is 11.7. The zero-order valence-electron chi connectivity index (χ0n) is 27.0. The van der Waals surface area contributed by atoms with E-state index in [1.54, 1.807) is 0 Å². The maximum Gasteiger partial charge on any atom is 0.0631 e. The molecule has 9 aliphatic rings. The molecular weight excluding hydrogens is 532 g/mol. The van der Waals surface area contributed by atoms with Gasteiger partial charge in [0.15, 0.2) is 0 Å². The third-order valence-electron chi connectivity index (χ3n) is 14.8. The quantitative estimate of drug-likeness (QED) is 0.234. The number of nitrogens with one attached hydrogen (secondary N) is 8. The molecule has 242 valence electrons. The van der Waals surface area contributed by atoms with Crippen molar-refractivity contribution in [3.63, 3.8) is 0 Å². The zero-order valence-corrected chi connectivity index (χ0v) is 27.0. The first-order valence-corrected chi connectivity index (χ1v) is 19.2. The first kappa shape index (κ1) is 28.9. The molecule has 0 amide bonds. The van der Waals surface area contributed by atoms with E-state index in [0.717, 1.165) is 47.3 Å². The summed E-state index contributed by atoms with van der Waals surface area (Å²) in [7, 11) is 0. The fraction of sp³-hybridized carbons (Fsp3) is 1.00. The minimum absolute atomic E-state index is 0.385. The maximum atomic E-state index is 4.35. The molecule has 4 aliphatic carbocycles. The Kier molecular flexibility index (Phi) is 7.88. The summed E-state index contributed by atoms with van der Waals surface area (Å²) in [6.45, 7) is 4.99. The lowest BCUT2D eigenvalue weighted by molar-refractivity contribution is 0.0933. The Labute approximate surface area is 260 Å². The highest BCUT2D eigenvalue weighted by Gasteiger charge is 2.55. The van der Waals surface area contributed by atoms with Gasteiger partial charge in [-0.15, -0.1) is 0 Å². The normalized spacial score (nSPS) is 56.3. The van der Waals surface area contributed by atoms with Gasteiger partial charge in [-0.2, -0.15) is 0 Å². The largest absolute Gasteiger partial charge is 0.286 e. The van der Waals surface area contributed by atoms with Gasteiger partial charge in [-0.05, 0) is 111 Å². The topological polar surface area (TPSA) is 96.2 Å². The molecule has 17 atom stereocenters. The lowest BCUT2D eigenvalue weighted by Gasteiger charge is -2.41. The van der Waals surface area contributed by atoms with Gasteiger partial charge in [0, 0.05) is 0 Å². The second-order valence-corrected chi connectivity index (χ2v) is 17.1. The molecule has 8 bridgehead atoms. The highest BCUT2D eigenvalue weighted by molar-refractivity contribution is 5.09. The zero-order chi connectivity index (χ0) is 28.7. The summed E-state index contributed by atoms with van der Waals surface area (Å²) < 4.78 is 0. The Balaban J connectivity index is 1.07. The standard InChI is InChI=1S/C35H62N8/c1-18(2)19-16-9-17-26-27(19)35-42-33-25-15-8-7-14-24(25)31(40-33)38-29-21-11-4-3-10-20(21)28(36-29)37-30-22-12-5-6-13-23(22)32(39-30)41-34(26)43-35/h18-43H,3-17H2,1-2H3. The molecule has 0 radical (unpaired) electrons. The van der Waals surface area contributed by atoms with E-state index >= 15 is 0 Å². The van der Waals surface area contributed by atoms with Crippen LogP contribution in [0.15, 0.2) is 0 Å². The third-order valence-corrected chi connectivity index (χ3v) is 14.8. The van der Waals surface area contributed by atoms with Crippen LogP contribution in [-0.2, 0) is 0 Å². The van der Waals surface area contributed by atoms with Gasteiger partial charge in [0.1, 0.15) is 0 Å². The van der Waals surface area contributed by atoms with Gasteiger partial charge in [-0.1, -0.05) is 58.8 Å². The highest BCUT2D eigenvalue weighted by atomic mass is 15.4. The van der Waals surface area contributed by atoms with Crippen LogP contribution < -0.4 is 42.5 Å². The summed E-state index contributed by atoms with van der Waals surface area (Å²) in [6, 6.07) is 0. The Morgan fingerprint density at radius 2 is 0.605 bits per heavy atom. The lowest BCUT2D eigenvalue weighted by atomic mass is 9.67. The molecule has 0 aromatic heterocycles. The van der Waals surface area contributed by atoms with Gasteiger partial charge in [0.2, 0.25) is 0 Å². The van der Waals surface area contributed by atoms with Crippen molar-refractivity contribution in [1.29, 1.82) is 0 Å². The van der Waals surface area contributed by atoms with Crippen molar-refractivity contribution in [1.82, 2.24) is 42.5 Å². The van der Waals surface area contributed by atoms with Gasteiger partial charge >= 0.3 is 0 Å². The van der Waals surface area contributed by atoms with Crippen LogP contribution >= 0.6 is 0 Å². The third kappa shape index (κ3) is 4.99. The molecule has 5 heterocycles. The molecule has 8 N–H and O–H groups in total. The van der Waals surface area contributed by atoms with Crippen LogP contribution in [0, 0.1) is 59.2 Å². The van der Waals surface area contributed by atoms with Gasteiger partial charge in [-0.25, -0.2) is 0 Å². The van der Waals surface area contributed by atoms with E-state index in [2.05, 4.69) is 56.4 Å².